The molecule has 2 atom stereocenters. The van der Waals surface area contributed by atoms with Crippen LogP contribution in [0.1, 0.15) is 52.9 Å². The van der Waals surface area contributed by atoms with E-state index in [1.54, 1.807) is 0 Å². The Kier molecular flexibility index (Phi) is 3.96. The minimum Gasteiger partial charge on any atom is -0.450 e. The molecule has 1 saturated carbocycles. The van der Waals surface area contributed by atoms with Crippen molar-refractivity contribution in [3.8, 4) is 0 Å². The Bertz CT molecular complexity index is 717. The van der Waals surface area contributed by atoms with Gasteiger partial charge in [-0.15, -0.1) is 0 Å². The molecular weight excluding hydrogens is 278 g/mol. The number of nitrogens with one attached hydrogen (secondary N) is 1. The zero-order valence-electron chi connectivity index (χ0n) is 13.4. The number of aryl methyl sites for hydroxylation is 3. The zero-order chi connectivity index (χ0) is 15.9. The Morgan fingerprint density at radius 1 is 1.18 bits per heavy atom. The molecule has 0 aliphatic heterocycles. The van der Waals surface area contributed by atoms with Gasteiger partial charge < -0.3 is 14.8 Å². The SMILES string of the molecule is Cc1ccc(C)c2c(C)c(C(=O)NC3CCCCC3O)oc12. The second-order valence-electron chi connectivity index (χ2n) is 6.39. The number of hydrogen-bond donors (Lipinski definition) is 2. The molecule has 4 heteroatoms. The van der Waals surface area contributed by atoms with Crippen LogP contribution in [0, 0.1) is 20.8 Å². The molecule has 1 heterocycles. The smallest absolute Gasteiger partial charge is 0.287 e. The molecule has 3 rings (SSSR count). The highest BCUT2D eigenvalue weighted by Gasteiger charge is 2.27. The Balaban J connectivity index is 1.93. The number of aliphatic hydroxyl groups excluding tert-OH is 1. The predicted octanol–water partition coefficient (Wildman–Crippen LogP) is 3.39. The minimum atomic E-state index is -0.453. The van der Waals surface area contributed by atoms with E-state index in [9.17, 15) is 9.90 Å². The molecule has 1 aromatic heterocycles. The highest BCUT2D eigenvalue weighted by Crippen LogP contribution is 2.31. The van der Waals surface area contributed by atoms with E-state index >= 15 is 0 Å². The van der Waals surface area contributed by atoms with E-state index in [-0.39, 0.29) is 11.9 Å². The highest BCUT2D eigenvalue weighted by molar-refractivity contribution is 6.00. The first kappa shape index (κ1) is 15.1. The van der Waals surface area contributed by atoms with Crippen molar-refractivity contribution in [1.29, 1.82) is 0 Å². The normalized spacial score (nSPS) is 22.0. The van der Waals surface area contributed by atoms with Gasteiger partial charge >= 0.3 is 0 Å². The van der Waals surface area contributed by atoms with Crippen molar-refractivity contribution in [1.82, 2.24) is 5.32 Å². The summed E-state index contributed by atoms with van der Waals surface area (Å²) >= 11 is 0. The zero-order valence-corrected chi connectivity index (χ0v) is 13.4. The molecular formula is C18H23NO3. The van der Waals surface area contributed by atoms with Gasteiger partial charge in [-0.2, -0.15) is 0 Å². The predicted molar refractivity (Wildman–Crippen MR) is 86.2 cm³/mol. The molecule has 1 aromatic carbocycles. The van der Waals surface area contributed by atoms with Crippen LogP contribution in [0.2, 0.25) is 0 Å². The molecule has 1 aliphatic carbocycles. The summed E-state index contributed by atoms with van der Waals surface area (Å²) in [6, 6.07) is 3.89. The van der Waals surface area contributed by atoms with Gasteiger partial charge in [0, 0.05) is 10.9 Å². The molecule has 118 valence electrons. The van der Waals surface area contributed by atoms with Gasteiger partial charge in [-0.3, -0.25) is 4.79 Å². The second kappa shape index (κ2) is 5.76. The lowest BCUT2D eigenvalue weighted by Crippen LogP contribution is -2.45. The molecule has 2 aromatic rings. The van der Waals surface area contributed by atoms with Gasteiger partial charge in [0.2, 0.25) is 0 Å². The van der Waals surface area contributed by atoms with Crippen LogP contribution in [0.15, 0.2) is 16.5 Å². The van der Waals surface area contributed by atoms with E-state index in [0.29, 0.717) is 5.76 Å². The summed E-state index contributed by atoms with van der Waals surface area (Å²) in [4.78, 5) is 12.6. The quantitative estimate of drug-likeness (QED) is 0.893. The maximum Gasteiger partial charge on any atom is 0.287 e. The first-order chi connectivity index (χ1) is 10.5. The average molecular weight is 301 g/mol. The molecule has 2 N–H and O–H groups in total. The number of benzene rings is 1. The maximum atomic E-state index is 12.6. The average Bonchev–Trinajstić information content (AvgIpc) is 2.84. The van der Waals surface area contributed by atoms with Gasteiger partial charge in [-0.05, 0) is 44.7 Å². The number of fused-ring (bicyclic) bond motifs is 1. The van der Waals surface area contributed by atoms with Gasteiger partial charge in [0.25, 0.3) is 5.91 Å². The van der Waals surface area contributed by atoms with Crippen molar-refractivity contribution in [2.45, 2.75) is 58.6 Å². The molecule has 2 unspecified atom stereocenters. The van der Waals surface area contributed by atoms with Gasteiger partial charge in [-0.25, -0.2) is 0 Å². The summed E-state index contributed by atoms with van der Waals surface area (Å²) < 4.78 is 5.86. The summed E-state index contributed by atoms with van der Waals surface area (Å²) in [5.74, 6) is 0.142. The molecule has 1 fully saturated rings. The molecule has 1 aliphatic rings. The third kappa shape index (κ3) is 2.52. The van der Waals surface area contributed by atoms with Crippen LogP contribution in [0.5, 0.6) is 0 Å². The van der Waals surface area contributed by atoms with Crippen LogP contribution >= 0.6 is 0 Å². The van der Waals surface area contributed by atoms with Crippen LogP contribution in [-0.4, -0.2) is 23.2 Å². The Morgan fingerprint density at radius 3 is 2.55 bits per heavy atom. The van der Waals surface area contributed by atoms with Crippen LogP contribution in [0.4, 0.5) is 0 Å². The van der Waals surface area contributed by atoms with Crippen molar-refractivity contribution >= 4 is 16.9 Å². The van der Waals surface area contributed by atoms with Crippen molar-refractivity contribution in [2.75, 3.05) is 0 Å². The summed E-state index contributed by atoms with van der Waals surface area (Å²) in [7, 11) is 0. The fourth-order valence-corrected chi connectivity index (χ4v) is 3.41. The molecule has 4 nitrogen and oxygen atoms in total. The summed E-state index contributed by atoms with van der Waals surface area (Å²) in [6.45, 7) is 5.93. The summed E-state index contributed by atoms with van der Waals surface area (Å²) in [6.07, 6.45) is 3.19. The van der Waals surface area contributed by atoms with Gasteiger partial charge in [0.05, 0.1) is 12.1 Å². The van der Waals surface area contributed by atoms with Crippen molar-refractivity contribution < 1.29 is 14.3 Å². The Labute approximate surface area is 130 Å². The number of aliphatic hydroxyl groups is 1. The van der Waals surface area contributed by atoms with E-state index in [4.69, 9.17) is 4.42 Å². The Morgan fingerprint density at radius 2 is 1.86 bits per heavy atom. The fraction of sp³-hybridized carbons (Fsp3) is 0.500. The van der Waals surface area contributed by atoms with Crippen LogP contribution in [-0.2, 0) is 0 Å². The summed E-state index contributed by atoms with van der Waals surface area (Å²) in [5, 5.41) is 14.0. The van der Waals surface area contributed by atoms with Crippen molar-refractivity contribution in [3.63, 3.8) is 0 Å². The topological polar surface area (TPSA) is 62.5 Å². The number of carbonyl (C=O) groups is 1. The molecule has 0 spiro atoms. The molecule has 1 amide bonds. The first-order valence-electron chi connectivity index (χ1n) is 7.97. The van der Waals surface area contributed by atoms with Gasteiger partial charge in [-0.1, -0.05) is 25.0 Å². The number of carbonyl (C=O) groups excluding carboxylic acids is 1. The third-order valence-electron chi connectivity index (χ3n) is 4.73. The van der Waals surface area contributed by atoms with Crippen LogP contribution in [0.25, 0.3) is 11.0 Å². The van der Waals surface area contributed by atoms with Crippen LogP contribution < -0.4 is 5.32 Å². The van der Waals surface area contributed by atoms with Crippen LogP contribution in [0.3, 0.4) is 0 Å². The Hall–Kier alpha value is -1.81. The standard InChI is InChI=1S/C18H23NO3/c1-10-8-9-11(2)16-15(10)12(3)17(22-16)18(21)19-13-6-4-5-7-14(13)20/h8-9,13-14,20H,4-7H2,1-3H3,(H,19,21). The minimum absolute atomic E-state index is 0.170. The van der Waals surface area contributed by atoms with E-state index in [2.05, 4.69) is 5.32 Å². The lowest BCUT2D eigenvalue weighted by Gasteiger charge is -2.28. The van der Waals surface area contributed by atoms with Gasteiger partial charge in [0.15, 0.2) is 5.76 Å². The molecule has 0 bridgehead atoms. The highest BCUT2D eigenvalue weighted by atomic mass is 16.3. The second-order valence-corrected chi connectivity index (χ2v) is 6.39. The van der Waals surface area contributed by atoms with Crippen molar-refractivity contribution in [3.05, 3.63) is 34.6 Å². The lowest BCUT2D eigenvalue weighted by molar-refractivity contribution is 0.0699. The lowest BCUT2D eigenvalue weighted by atomic mass is 9.92. The first-order valence-corrected chi connectivity index (χ1v) is 7.97. The van der Waals surface area contributed by atoms with E-state index in [1.165, 1.54) is 0 Å². The number of amides is 1. The number of hydrogen-bond acceptors (Lipinski definition) is 3. The fourth-order valence-electron chi connectivity index (χ4n) is 3.41. The van der Waals surface area contributed by atoms with Gasteiger partial charge in [0.1, 0.15) is 5.58 Å². The third-order valence-corrected chi connectivity index (χ3v) is 4.73. The van der Waals surface area contributed by atoms with E-state index in [0.717, 1.165) is 53.3 Å². The number of rotatable bonds is 2. The van der Waals surface area contributed by atoms with E-state index in [1.807, 2.05) is 32.9 Å². The maximum absolute atomic E-state index is 12.6. The van der Waals surface area contributed by atoms with Crippen molar-refractivity contribution in [2.24, 2.45) is 0 Å². The molecule has 22 heavy (non-hydrogen) atoms. The summed E-state index contributed by atoms with van der Waals surface area (Å²) in [5.41, 5.74) is 3.80. The largest absolute Gasteiger partial charge is 0.450 e. The number of furan rings is 1. The van der Waals surface area contributed by atoms with E-state index < -0.39 is 6.10 Å². The molecule has 0 radical (unpaired) electrons. The monoisotopic (exact) mass is 301 g/mol. The molecule has 0 saturated heterocycles.